The predicted octanol–water partition coefficient (Wildman–Crippen LogP) is 7.05. The van der Waals surface area contributed by atoms with Gasteiger partial charge < -0.3 is 16.4 Å². The van der Waals surface area contributed by atoms with E-state index in [4.69, 9.17) is 11.5 Å². The highest BCUT2D eigenvalue weighted by atomic mass is 16.2. The van der Waals surface area contributed by atoms with Crippen LogP contribution in [0.15, 0.2) is 72.8 Å². The molecule has 4 N–H and O–H groups in total. The first-order valence-electron chi connectivity index (χ1n) is 18.6. The van der Waals surface area contributed by atoms with Gasteiger partial charge in [-0.1, -0.05) is 79.2 Å². The Morgan fingerprint density at radius 1 is 0.833 bits per heavy atom. The summed E-state index contributed by atoms with van der Waals surface area (Å²) in [6.07, 6.45) is 12.2. The number of fused-ring (bicyclic) bond motifs is 1. The number of nitrogens with two attached hydrogens (primary N) is 2. The lowest BCUT2D eigenvalue weighted by molar-refractivity contribution is -0.143. The molecule has 0 aromatic heterocycles. The molecule has 3 aromatic rings. The largest absolute Gasteiger partial charge is 0.335 e. The fourth-order valence-corrected chi connectivity index (χ4v) is 9.84. The number of ketones is 2. The van der Waals surface area contributed by atoms with E-state index in [2.05, 4.69) is 42.5 Å². The standard InChI is InChI=1S/C42H55N3O3/c43-18-7-6-15-39(44)40(47)23-34(19-30-9-2-1-3-10-30)28-45(41(48)27-42-24-31-20-32(25-42)22-33(21-31)26-42)29-37(46)17-16-36-13-8-12-35-11-4-5-14-38(35)36/h1-5,8-14,31-34,39H,6-7,15-29,43-44H2/t31?,32?,33?,34-,39+,42?/m1/s1. The average molecular weight is 650 g/mol. The number of carbonyl (C=O) groups is 3. The maximum atomic E-state index is 14.4. The van der Waals surface area contributed by atoms with Crippen molar-refractivity contribution in [1.82, 2.24) is 4.90 Å². The summed E-state index contributed by atoms with van der Waals surface area (Å²) < 4.78 is 0. The van der Waals surface area contributed by atoms with Gasteiger partial charge in [-0.3, -0.25) is 14.4 Å². The van der Waals surface area contributed by atoms with E-state index in [1.54, 1.807) is 0 Å². The van der Waals surface area contributed by atoms with Crippen molar-refractivity contribution in [2.45, 2.75) is 95.9 Å². The van der Waals surface area contributed by atoms with E-state index >= 15 is 0 Å². The van der Waals surface area contributed by atoms with Crippen molar-refractivity contribution in [3.8, 4) is 0 Å². The van der Waals surface area contributed by atoms with Gasteiger partial charge in [-0.25, -0.2) is 0 Å². The molecule has 4 fully saturated rings. The summed E-state index contributed by atoms with van der Waals surface area (Å²) in [7, 11) is 0. The summed E-state index contributed by atoms with van der Waals surface area (Å²) >= 11 is 0. The zero-order valence-electron chi connectivity index (χ0n) is 28.7. The van der Waals surface area contributed by atoms with Crippen molar-refractivity contribution in [1.29, 1.82) is 0 Å². The molecule has 0 saturated heterocycles. The van der Waals surface area contributed by atoms with E-state index in [0.717, 1.165) is 61.0 Å². The Balaban J connectivity index is 1.19. The molecule has 3 aromatic carbocycles. The van der Waals surface area contributed by atoms with Gasteiger partial charge in [-0.2, -0.15) is 0 Å². The molecule has 1 amide bonds. The van der Waals surface area contributed by atoms with Crippen molar-refractivity contribution in [2.75, 3.05) is 19.6 Å². The van der Waals surface area contributed by atoms with Crippen LogP contribution in [0.5, 0.6) is 0 Å². The Labute approximate surface area is 287 Å². The molecule has 0 heterocycles. The van der Waals surface area contributed by atoms with Crippen LogP contribution in [0.25, 0.3) is 10.8 Å². The number of aryl methyl sites for hydroxylation is 1. The monoisotopic (exact) mass is 649 g/mol. The molecular weight excluding hydrogens is 594 g/mol. The predicted molar refractivity (Wildman–Crippen MR) is 193 cm³/mol. The molecule has 2 atom stereocenters. The van der Waals surface area contributed by atoms with E-state index in [1.807, 2.05) is 35.2 Å². The van der Waals surface area contributed by atoms with Crippen LogP contribution in [-0.4, -0.2) is 48.0 Å². The summed E-state index contributed by atoms with van der Waals surface area (Å²) in [5, 5.41) is 2.34. The first-order chi connectivity index (χ1) is 23.3. The highest BCUT2D eigenvalue weighted by Crippen LogP contribution is 2.61. The number of benzene rings is 3. The van der Waals surface area contributed by atoms with Crippen LogP contribution in [0.4, 0.5) is 0 Å². The molecule has 4 saturated carbocycles. The zero-order chi connectivity index (χ0) is 33.5. The number of unbranched alkanes of at least 4 members (excludes halogenated alkanes) is 1. The molecule has 0 radical (unpaired) electrons. The Morgan fingerprint density at radius 2 is 1.50 bits per heavy atom. The number of nitrogens with zero attached hydrogens (tertiary/aromatic N) is 1. The first-order valence-corrected chi connectivity index (χ1v) is 18.6. The number of hydrogen-bond donors (Lipinski definition) is 2. The third kappa shape index (κ3) is 8.81. The van der Waals surface area contributed by atoms with Crippen LogP contribution < -0.4 is 11.5 Å². The first kappa shape index (κ1) is 34.5. The highest BCUT2D eigenvalue weighted by Gasteiger charge is 2.51. The van der Waals surface area contributed by atoms with Crippen molar-refractivity contribution in [2.24, 2.45) is 40.6 Å². The minimum Gasteiger partial charge on any atom is -0.335 e. The Hall–Kier alpha value is -3.35. The van der Waals surface area contributed by atoms with Gasteiger partial charge >= 0.3 is 0 Å². The van der Waals surface area contributed by atoms with Gasteiger partial charge in [0.2, 0.25) is 5.91 Å². The van der Waals surface area contributed by atoms with Crippen LogP contribution in [0, 0.1) is 29.1 Å². The van der Waals surface area contributed by atoms with E-state index in [1.165, 1.54) is 30.0 Å². The van der Waals surface area contributed by atoms with Gasteiger partial charge in [0.25, 0.3) is 0 Å². The lowest BCUT2D eigenvalue weighted by atomic mass is 9.49. The average Bonchev–Trinajstić information content (AvgIpc) is 3.06. The summed E-state index contributed by atoms with van der Waals surface area (Å²) in [5.41, 5.74) is 14.4. The normalized spacial score (nSPS) is 24.0. The second-order valence-electron chi connectivity index (χ2n) is 15.7. The number of hydrogen-bond acceptors (Lipinski definition) is 5. The second-order valence-corrected chi connectivity index (χ2v) is 15.7. The fraction of sp³-hybridized carbons (Fsp3) is 0.548. The van der Waals surface area contributed by atoms with Gasteiger partial charge in [0.15, 0.2) is 5.78 Å². The van der Waals surface area contributed by atoms with Crippen molar-refractivity contribution >= 4 is 28.2 Å². The number of Topliss-reactive ketones (excluding diaryl/α,β-unsaturated/α-hetero) is 2. The summed E-state index contributed by atoms with van der Waals surface area (Å²) in [6, 6.07) is 24.2. The van der Waals surface area contributed by atoms with E-state index < -0.39 is 6.04 Å². The minimum atomic E-state index is -0.534. The van der Waals surface area contributed by atoms with Crippen LogP contribution >= 0.6 is 0 Å². The maximum Gasteiger partial charge on any atom is 0.223 e. The third-order valence-corrected chi connectivity index (χ3v) is 11.7. The molecule has 6 heteroatoms. The molecular formula is C42H55N3O3. The lowest BCUT2D eigenvalue weighted by Crippen LogP contribution is -2.49. The van der Waals surface area contributed by atoms with Crippen LogP contribution in [-0.2, 0) is 27.2 Å². The van der Waals surface area contributed by atoms with Gasteiger partial charge in [-0.05, 0) is 122 Å². The Kier molecular flexibility index (Phi) is 11.4. The SMILES string of the molecule is NCCCC[C@H](N)C(=O)C[C@@H](Cc1ccccc1)CN(CC(=O)CCc1cccc2ccccc12)C(=O)CC12CC3CC(CC(C3)C1)C2. The quantitative estimate of drug-likeness (QED) is 0.144. The molecule has 0 aliphatic heterocycles. The molecule has 6 nitrogen and oxygen atoms in total. The summed E-state index contributed by atoms with van der Waals surface area (Å²) in [5.74, 6) is 2.34. The van der Waals surface area contributed by atoms with Gasteiger partial charge in [0.05, 0.1) is 12.6 Å². The van der Waals surface area contributed by atoms with E-state index in [0.29, 0.717) is 51.6 Å². The molecule has 256 valence electrons. The maximum absolute atomic E-state index is 14.4. The number of carbonyl (C=O) groups excluding carboxylic acids is 3. The second kappa shape index (κ2) is 15.9. The van der Waals surface area contributed by atoms with Gasteiger partial charge in [-0.15, -0.1) is 0 Å². The number of rotatable bonds is 18. The molecule has 7 rings (SSSR count). The number of amides is 1. The van der Waals surface area contributed by atoms with Gasteiger partial charge in [0, 0.05) is 25.8 Å². The summed E-state index contributed by atoms with van der Waals surface area (Å²) in [4.78, 5) is 43.5. The topological polar surface area (TPSA) is 106 Å². The molecule has 4 bridgehead atoms. The van der Waals surface area contributed by atoms with Crippen LogP contribution in [0.3, 0.4) is 0 Å². The van der Waals surface area contributed by atoms with Crippen molar-refractivity contribution < 1.29 is 14.4 Å². The molecule has 0 spiro atoms. The molecule has 4 aliphatic rings. The minimum absolute atomic E-state index is 0.0312. The summed E-state index contributed by atoms with van der Waals surface area (Å²) in [6.45, 7) is 1.08. The van der Waals surface area contributed by atoms with E-state index in [-0.39, 0.29) is 35.4 Å². The molecule has 4 aliphatic carbocycles. The Morgan fingerprint density at radius 3 is 2.21 bits per heavy atom. The smallest absolute Gasteiger partial charge is 0.223 e. The lowest BCUT2D eigenvalue weighted by Gasteiger charge is -2.57. The van der Waals surface area contributed by atoms with Crippen molar-refractivity contribution in [3.05, 3.63) is 83.9 Å². The van der Waals surface area contributed by atoms with Crippen molar-refractivity contribution in [3.63, 3.8) is 0 Å². The Bertz CT molecular complexity index is 1510. The van der Waals surface area contributed by atoms with E-state index in [9.17, 15) is 14.4 Å². The molecule has 0 unspecified atom stereocenters. The third-order valence-electron chi connectivity index (χ3n) is 11.7. The zero-order valence-corrected chi connectivity index (χ0v) is 28.7. The van der Waals surface area contributed by atoms with Gasteiger partial charge in [0.1, 0.15) is 5.78 Å². The van der Waals surface area contributed by atoms with Crippen LogP contribution in [0.1, 0.15) is 88.2 Å². The van der Waals surface area contributed by atoms with Crippen LogP contribution in [0.2, 0.25) is 0 Å². The molecule has 48 heavy (non-hydrogen) atoms. The highest BCUT2D eigenvalue weighted by molar-refractivity contribution is 5.89. The fourth-order valence-electron chi connectivity index (χ4n) is 9.84.